The lowest BCUT2D eigenvalue weighted by atomic mass is 10.2. The maximum absolute atomic E-state index is 12.4. The van der Waals surface area contributed by atoms with E-state index in [4.69, 9.17) is 9.47 Å². The zero-order valence-corrected chi connectivity index (χ0v) is 19.8. The predicted molar refractivity (Wildman–Crippen MR) is 119 cm³/mol. The van der Waals surface area contributed by atoms with Crippen molar-refractivity contribution in [3.8, 4) is 0 Å². The summed E-state index contributed by atoms with van der Waals surface area (Å²) in [6.07, 6.45) is 1.05. The van der Waals surface area contributed by atoms with Gasteiger partial charge in [0.05, 0.1) is 23.7 Å². The predicted octanol–water partition coefficient (Wildman–Crippen LogP) is 3.66. The molecule has 0 atom stereocenters. The third-order valence-electron chi connectivity index (χ3n) is 3.52. The molecule has 0 saturated carbocycles. The van der Waals surface area contributed by atoms with Crippen LogP contribution >= 0.6 is 0 Å². The first kappa shape index (κ1) is 26.9. The minimum absolute atomic E-state index is 0.118. The maximum Gasteiger partial charge on any atom is 0.420 e. The largest absolute Gasteiger partial charge is 0.443 e. The number of thiol groups is 1. The van der Waals surface area contributed by atoms with E-state index in [-0.39, 0.29) is 24.5 Å². The number of nitro groups is 1. The van der Waals surface area contributed by atoms with Gasteiger partial charge in [0, 0.05) is 12.1 Å². The van der Waals surface area contributed by atoms with Crippen molar-refractivity contribution >= 4 is 34.5 Å². The van der Waals surface area contributed by atoms with Crippen molar-refractivity contribution in [3.05, 3.63) is 46.5 Å². The average molecular weight is 472 g/mol. The van der Waals surface area contributed by atoms with E-state index in [1.54, 1.807) is 41.5 Å². The van der Waals surface area contributed by atoms with Gasteiger partial charge in [0.2, 0.25) is 10.9 Å². The minimum atomic E-state index is -3.04. The third-order valence-corrected chi connectivity index (χ3v) is 4.30. The number of hydrogen-bond acceptors (Lipinski definition) is 8. The third kappa shape index (κ3) is 9.33. The highest BCUT2D eigenvalue weighted by molar-refractivity contribution is 7.74. The summed E-state index contributed by atoms with van der Waals surface area (Å²) in [5, 5.41) is 10.8. The summed E-state index contributed by atoms with van der Waals surface area (Å²) in [4.78, 5) is 35.8. The van der Waals surface area contributed by atoms with Gasteiger partial charge >= 0.3 is 12.2 Å². The number of carbonyl (C=O) groups is 2. The van der Waals surface area contributed by atoms with Crippen molar-refractivity contribution in [2.24, 2.45) is 0 Å². The van der Waals surface area contributed by atoms with Gasteiger partial charge in [-0.15, -0.1) is 0 Å². The summed E-state index contributed by atoms with van der Waals surface area (Å²) in [6.45, 7) is 9.59. The van der Waals surface area contributed by atoms with E-state index in [1.807, 2.05) is 0 Å². The van der Waals surface area contributed by atoms with Crippen molar-refractivity contribution in [2.75, 3.05) is 17.4 Å². The van der Waals surface area contributed by atoms with E-state index >= 15 is 0 Å². The van der Waals surface area contributed by atoms with Crippen LogP contribution in [0.15, 0.2) is 36.4 Å². The SMILES string of the molecule is CC(C)(C)OC(=O)N(C/C=C/CN(c1ccc([N+](=O)[O-])cc1)[SH](=O)=O)C(=O)OC(C)(C)C. The number of benzene rings is 1. The van der Waals surface area contributed by atoms with Crippen molar-refractivity contribution in [1.29, 1.82) is 0 Å². The smallest absolute Gasteiger partial charge is 0.420 e. The minimum Gasteiger partial charge on any atom is -0.443 e. The van der Waals surface area contributed by atoms with E-state index in [0.29, 0.717) is 0 Å². The highest BCUT2D eigenvalue weighted by Crippen LogP contribution is 2.19. The fourth-order valence-corrected chi connectivity index (χ4v) is 2.77. The van der Waals surface area contributed by atoms with Crippen molar-refractivity contribution < 1.29 is 32.4 Å². The Balaban J connectivity index is 2.95. The molecule has 0 fully saturated rings. The molecule has 0 aliphatic heterocycles. The molecule has 0 saturated heterocycles. The Hall–Kier alpha value is -3.15. The molecule has 11 nitrogen and oxygen atoms in total. The number of ether oxygens (including phenoxy) is 2. The molecule has 32 heavy (non-hydrogen) atoms. The standard InChI is InChI=1S/C20H29N3O8S/c1-19(2,3)30-17(24)21(18(25)31-20(4,5)6)13-7-8-14-22(32(28)29)15-9-11-16(12-10-15)23(26)27/h7-12,32H,13-14H2,1-6H3/b8-7+. The summed E-state index contributed by atoms with van der Waals surface area (Å²) in [5.74, 6) is 0. The number of nitrogens with zero attached hydrogens (tertiary/aromatic N) is 3. The fraction of sp³-hybridized carbons (Fsp3) is 0.500. The Morgan fingerprint density at radius 1 is 0.938 bits per heavy atom. The molecule has 0 spiro atoms. The molecule has 0 radical (unpaired) electrons. The lowest BCUT2D eigenvalue weighted by Gasteiger charge is -2.28. The first-order valence-corrected chi connectivity index (χ1v) is 10.8. The molecular formula is C20H29N3O8S. The van der Waals surface area contributed by atoms with E-state index in [9.17, 15) is 28.1 Å². The Kier molecular flexibility index (Phi) is 9.19. The average Bonchev–Trinajstić information content (AvgIpc) is 2.61. The van der Waals surface area contributed by atoms with Crippen LogP contribution in [0, 0.1) is 10.1 Å². The lowest BCUT2D eigenvalue weighted by molar-refractivity contribution is -0.384. The number of nitro benzene ring substituents is 1. The van der Waals surface area contributed by atoms with Crippen LogP contribution in [0.3, 0.4) is 0 Å². The molecule has 1 aromatic carbocycles. The zero-order valence-electron chi connectivity index (χ0n) is 18.9. The molecule has 0 heterocycles. The molecular weight excluding hydrogens is 442 g/mol. The molecule has 0 unspecified atom stereocenters. The van der Waals surface area contributed by atoms with E-state index in [0.717, 1.165) is 9.21 Å². The van der Waals surface area contributed by atoms with E-state index < -0.39 is 39.2 Å². The summed E-state index contributed by atoms with van der Waals surface area (Å²) in [6, 6.07) is 5.00. The molecule has 0 aliphatic rings. The van der Waals surface area contributed by atoms with Gasteiger partial charge in [-0.3, -0.25) is 14.4 Å². The van der Waals surface area contributed by atoms with Crippen LogP contribution in [-0.2, 0) is 20.4 Å². The van der Waals surface area contributed by atoms with Gasteiger partial charge in [0.15, 0.2) is 0 Å². The molecule has 0 N–H and O–H groups in total. The van der Waals surface area contributed by atoms with Crippen LogP contribution in [0.4, 0.5) is 21.0 Å². The highest BCUT2D eigenvalue weighted by atomic mass is 32.2. The van der Waals surface area contributed by atoms with Gasteiger partial charge in [0.25, 0.3) is 5.69 Å². The summed E-state index contributed by atoms with van der Waals surface area (Å²) in [7, 11) is -3.04. The molecule has 1 rings (SSSR count). The Labute approximate surface area is 188 Å². The molecule has 12 heteroatoms. The molecule has 2 amide bonds. The van der Waals surface area contributed by atoms with Crippen LogP contribution < -0.4 is 4.31 Å². The molecule has 0 aromatic heterocycles. The van der Waals surface area contributed by atoms with Crippen LogP contribution in [0.2, 0.25) is 0 Å². The number of carbonyl (C=O) groups excluding carboxylic acids is 2. The van der Waals surface area contributed by atoms with Gasteiger partial charge in [-0.1, -0.05) is 12.2 Å². The second-order valence-electron chi connectivity index (χ2n) is 8.64. The summed E-state index contributed by atoms with van der Waals surface area (Å²) < 4.78 is 34.7. The van der Waals surface area contributed by atoms with Crippen molar-refractivity contribution in [1.82, 2.24) is 4.90 Å². The van der Waals surface area contributed by atoms with Crippen LogP contribution in [0.25, 0.3) is 0 Å². The number of non-ortho nitro benzene ring substituents is 1. The monoisotopic (exact) mass is 471 g/mol. The Morgan fingerprint density at radius 3 is 1.75 bits per heavy atom. The molecule has 0 aliphatic carbocycles. The maximum atomic E-state index is 12.4. The van der Waals surface area contributed by atoms with Crippen LogP contribution in [0.1, 0.15) is 41.5 Å². The number of anilines is 1. The zero-order chi connectivity index (χ0) is 24.7. The number of hydrogen-bond donors (Lipinski definition) is 1. The second-order valence-corrected chi connectivity index (χ2v) is 9.59. The van der Waals surface area contributed by atoms with Gasteiger partial charge < -0.3 is 9.47 Å². The van der Waals surface area contributed by atoms with Gasteiger partial charge in [-0.2, -0.15) is 0 Å². The van der Waals surface area contributed by atoms with Crippen molar-refractivity contribution in [3.63, 3.8) is 0 Å². The number of imide groups is 1. The number of amides is 2. The van der Waals surface area contributed by atoms with E-state index in [1.165, 1.54) is 36.4 Å². The van der Waals surface area contributed by atoms with Gasteiger partial charge in [-0.05, 0) is 53.7 Å². The topological polar surface area (TPSA) is 136 Å². The molecule has 178 valence electrons. The lowest BCUT2D eigenvalue weighted by Crippen LogP contribution is -2.43. The summed E-state index contributed by atoms with van der Waals surface area (Å²) in [5.41, 5.74) is -1.62. The number of rotatable bonds is 7. The molecule has 1 aromatic rings. The molecule has 0 bridgehead atoms. The fourth-order valence-electron chi connectivity index (χ4n) is 2.22. The van der Waals surface area contributed by atoms with Crippen molar-refractivity contribution in [2.45, 2.75) is 52.7 Å². The quantitative estimate of drug-likeness (QED) is 0.275. The second kappa shape index (κ2) is 10.9. The first-order valence-electron chi connectivity index (χ1n) is 9.65. The highest BCUT2D eigenvalue weighted by Gasteiger charge is 2.30. The van der Waals surface area contributed by atoms with Gasteiger partial charge in [-0.25, -0.2) is 22.9 Å². The first-order chi connectivity index (χ1) is 14.6. The Bertz CT molecular complexity index is 892. The van der Waals surface area contributed by atoms with Crippen LogP contribution in [0.5, 0.6) is 0 Å². The Morgan fingerprint density at radius 2 is 1.38 bits per heavy atom. The van der Waals surface area contributed by atoms with E-state index in [2.05, 4.69) is 0 Å². The summed E-state index contributed by atoms with van der Waals surface area (Å²) >= 11 is 0. The van der Waals surface area contributed by atoms with Crippen LogP contribution in [-0.4, -0.2) is 54.7 Å². The van der Waals surface area contributed by atoms with Gasteiger partial charge in [0.1, 0.15) is 11.2 Å². The normalized spacial score (nSPS) is 12.0.